The van der Waals surface area contributed by atoms with E-state index in [1.807, 2.05) is 19.2 Å². The lowest BCUT2D eigenvalue weighted by Gasteiger charge is -2.29. The van der Waals surface area contributed by atoms with Crippen molar-refractivity contribution in [2.75, 3.05) is 26.7 Å². The zero-order chi connectivity index (χ0) is 16.8. The molecule has 6 heteroatoms. The van der Waals surface area contributed by atoms with Gasteiger partial charge in [0.2, 0.25) is 0 Å². The lowest BCUT2D eigenvalue weighted by molar-refractivity contribution is 0.245. The van der Waals surface area contributed by atoms with Gasteiger partial charge in [-0.15, -0.1) is 24.0 Å². The minimum absolute atomic E-state index is 0. The highest BCUT2D eigenvalue weighted by atomic mass is 127. The van der Waals surface area contributed by atoms with E-state index in [-0.39, 0.29) is 24.0 Å². The van der Waals surface area contributed by atoms with Gasteiger partial charge in [0.1, 0.15) is 0 Å². The molecule has 138 valence electrons. The standard InChI is InChI=1S/C19H27ClN4.HI/c1-21-19(23-17-9-2-3-10-17)22-14-18(24-11-4-5-12-24)15-7-6-8-16(20)13-15;/h2-3,6-8,13,17-18H,4-5,9-12,14H2,1H3,(H2,21,22,23);1H. The van der Waals surface area contributed by atoms with E-state index in [1.165, 1.54) is 18.4 Å². The zero-order valence-corrected chi connectivity index (χ0v) is 17.8. The number of hydrogen-bond acceptors (Lipinski definition) is 2. The fraction of sp³-hybridized carbons (Fsp3) is 0.526. The fourth-order valence-corrected chi connectivity index (χ4v) is 3.74. The second-order valence-electron chi connectivity index (χ2n) is 6.55. The summed E-state index contributed by atoms with van der Waals surface area (Å²) < 4.78 is 0. The molecule has 1 aromatic carbocycles. The van der Waals surface area contributed by atoms with E-state index >= 15 is 0 Å². The molecular formula is C19H28ClIN4. The first kappa shape index (κ1) is 20.5. The van der Waals surface area contributed by atoms with Crippen LogP contribution in [0.3, 0.4) is 0 Å². The van der Waals surface area contributed by atoms with E-state index in [0.717, 1.165) is 43.5 Å². The molecule has 2 aliphatic rings. The number of guanidine groups is 1. The van der Waals surface area contributed by atoms with Gasteiger partial charge < -0.3 is 10.6 Å². The minimum atomic E-state index is 0. The van der Waals surface area contributed by atoms with Crippen molar-refractivity contribution < 1.29 is 0 Å². The molecule has 1 fully saturated rings. The van der Waals surface area contributed by atoms with Crippen molar-refractivity contribution in [3.63, 3.8) is 0 Å². The lowest BCUT2D eigenvalue weighted by atomic mass is 10.1. The average molecular weight is 475 g/mol. The molecule has 1 aromatic rings. The van der Waals surface area contributed by atoms with E-state index < -0.39 is 0 Å². The predicted octanol–water partition coefficient (Wildman–Crippen LogP) is 3.98. The molecule has 1 aliphatic carbocycles. The van der Waals surface area contributed by atoms with Gasteiger partial charge in [-0.1, -0.05) is 35.9 Å². The van der Waals surface area contributed by atoms with Crippen molar-refractivity contribution in [2.24, 2.45) is 4.99 Å². The summed E-state index contributed by atoms with van der Waals surface area (Å²) in [5.74, 6) is 0.884. The second-order valence-corrected chi connectivity index (χ2v) is 6.99. The topological polar surface area (TPSA) is 39.7 Å². The van der Waals surface area contributed by atoms with E-state index in [9.17, 15) is 0 Å². The van der Waals surface area contributed by atoms with Crippen molar-refractivity contribution in [2.45, 2.75) is 37.8 Å². The van der Waals surface area contributed by atoms with Crippen molar-refractivity contribution in [1.82, 2.24) is 15.5 Å². The minimum Gasteiger partial charge on any atom is -0.354 e. The maximum Gasteiger partial charge on any atom is 0.191 e. The molecule has 1 unspecified atom stereocenters. The summed E-state index contributed by atoms with van der Waals surface area (Å²) in [5, 5.41) is 7.83. The van der Waals surface area contributed by atoms with Crippen LogP contribution in [-0.4, -0.2) is 43.6 Å². The van der Waals surface area contributed by atoms with E-state index in [4.69, 9.17) is 11.6 Å². The van der Waals surface area contributed by atoms with Gasteiger partial charge in [0.05, 0.1) is 6.04 Å². The third-order valence-electron chi connectivity index (χ3n) is 4.85. The van der Waals surface area contributed by atoms with Gasteiger partial charge in [-0.05, 0) is 56.5 Å². The highest BCUT2D eigenvalue weighted by molar-refractivity contribution is 14.0. The first-order valence-electron chi connectivity index (χ1n) is 8.88. The third kappa shape index (κ3) is 5.86. The van der Waals surface area contributed by atoms with Crippen LogP contribution in [0.4, 0.5) is 0 Å². The highest BCUT2D eigenvalue weighted by Crippen LogP contribution is 2.26. The van der Waals surface area contributed by atoms with Gasteiger partial charge in [-0.2, -0.15) is 0 Å². The van der Waals surface area contributed by atoms with Crippen LogP contribution in [0.5, 0.6) is 0 Å². The number of aliphatic imine (C=N–C) groups is 1. The summed E-state index contributed by atoms with van der Waals surface area (Å²) in [6, 6.07) is 9.03. The molecule has 1 saturated heterocycles. The molecule has 25 heavy (non-hydrogen) atoms. The first-order valence-corrected chi connectivity index (χ1v) is 9.26. The Labute approximate surface area is 173 Å². The summed E-state index contributed by atoms with van der Waals surface area (Å²) in [6.45, 7) is 3.13. The molecule has 2 N–H and O–H groups in total. The van der Waals surface area contributed by atoms with E-state index in [2.05, 4.69) is 44.8 Å². The summed E-state index contributed by atoms with van der Waals surface area (Å²) in [5.41, 5.74) is 1.27. The number of hydrogen-bond donors (Lipinski definition) is 2. The summed E-state index contributed by atoms with van der Waals surface area (Å²) >= 11 is 6.22. The molecule has 1 atom stereocenters. The highest BCUT2D eigenvalue weighted by Gasteiger charge is 2.24. The molecular weight excluding hydrogens is 447 g/mol. The molecule has 1 aliphatic heterocycles. The van der Waals surface area contributed by atoms with Gasteiger partial charge in [0.15, 0.2) is 5.96 Å². The Morgan fingerprint density at radius 2 is 2.00 bits per heavy atom. The fourth-order valence-electron chi connectivity index (χ4n) is 3.54. The van der Waals surface area contributed by atoms with Crippen LogP contribution < -0.4 is 10.6 Å². The van der Waals surface area contributed by atoms with Crippen LogP contribution in [0, 0.1) is 0 Å². The largest absolute Gasteiger partial charge is 0.354 e. The quantitative estimate of drug-likeness (QED) is 0.293. The van der Waals surface area contributed by atoms with Gasteiger partial charge >= 0.3 is 0 Å². The smallest absolute Gasteiger partial charge is 0.191 e. The van der Waals surface area contributed by atoms with Gasteiger partial charge in [-0.3, -0.25) is 9.89 Å². The third-order valence-corrected chi connectivity index (χ3v) is 5.09. The maximum absolute atomic E-state index is 6.22. The Morgan fingerprint density at radius 3 is 2.64 bits per heavy atom. The predicted molar refractivity (Wildman–Crippen MR) is 117 cm³/mol. The zero-order valence-electron chi connectivity index (χ0n) is 14.7. The first-order chi connectivity index (χ1) is 11.8. The number of benzene rings is 1. The number of halogens is 2. The Bertz CT molecular complexity index is 591. The van der Waals surface area contributed by atoms with Crippen LogP contribution in [0.1, 0.15) is 37.3 Å². The van der Waals surface area contributed by atoms with Crippen molar-refractivity contribution in [3.05, 3.63) is 47.0 Å². The Hall–Kier alpha value is -0.790. The molecule has 4 nitrogen and oxygen atoms in total. The average Bonchev–Trinajstić information content (AvgIpc) is 3.28. The van der Waals surface area contributed by atoms with Crippen LogP contribution in [0.2, 0.25) is 5.02 Å². The molecule has 0 spiro atoms. The number of rotatable bonds is 5. The number of likely N-dealkylation sites (tertiary alicyclic amines) is 1. The maximum atomic E-state index is 6.22. The van der Waals surface area contributed by atoms with E-state index in [1.54, 1.807) is 0 Å². The van der Waals surface area contributed by atoms with Gasteiger partial charge in [0, 0.05) is 24.7 Å². The molecule has 0 radical (unpaired) electrons. The summed E-state index contributed by atoms with van der Waals surface area (Å²) in [4.78, 5) is 6.93. The lowest BCUT2D eigenvalue weighted by Crippen LogP contribution is -2.45. The van der Waals surface area contributed by atoms with Crippen LogP contribution in [-0.2, 0) is 0 Å². The molecule has 0 bridgehead atoms. The SMILES string of the molecule is CN=C(NCC(c1cccc(Cl)c1)N1CCCC1)NC1CC=CC1.I. The van der Waals surface area contributed by atoms with Crippen LogP contribution in [0.15, 0.2) is 41.4 Å². The molecule has 0 amide bonds. The number of nitrogens with one attached hydrogen (secondary N) is 2. The summed E-state index contributed by atoms with van der Waals surface area (Å²) in [6.07, 6.45) is 9.15. The monoisotopic (exact) mass is 474 g/mol. The molecule has 0 aromatic heterocycles. The van der Waals surface area contributed by atoms with Crippen molar-refractivity contribution >= 4 is 41.5 Å². The van der Waals surface area contributed by atoms with Gasteiger partial charge in [0.25, 0.3) is 0 Å². The second kappa shape index (κ2) is 10.4. The Morgan fingerprint density at radius 1 is 1.28 bits per heavy atom. The number of nitrogens with zero attached hydrogens (tertiary/aromatic N) is 2. The normalized spacial score (nSPS) is 19.7. The van der Waals surface area contributed by atoms with Gasteiger partial charge in [-0.25, -0.2) is 0 Å². The Kier molecular flexibility index (Phi) is 8.52. The van der Waals surface area contributed by atoms with E-state index in [0.29, 0.717) is 12.1 Å². The Balaban J connectivity index is 0.00000225. The van der Waals surface area contributed by atoms with Crippen LogP contribution >= 0.6 is 35.6 Å². The molecule has 0 saturated carbocycles. The van der Waals surface area contributed by atoms with Crippen LogP contribution in [0.25, 0.3) is 0 Å². The molecule has 1 heterocycles. The molecule has 3 rings (SSSR count). The summed E-state index contributed by atoms with van der Waals surface area (Å²) in [7, 11) is 1.84. The van der Waals surface area contributed by atoms with Crippen molar-refractivity contribution in [3.8, 4) is 0 Å². The van der Waals surface area contributed by atoms with Crippen molar-refractivity contribution in [1.29, 1.82) is 0 Å².